The zero-order valence-electron chi connectivity index (χ0n) is 10.7. The van der Waals surface area contributed by atoms with Crippen molar-refractivity contribution in [3.63, 3.8) is 0 Å². The van der Waals surface area contributed by atoms with Gasteiger partial charge in [0.15, 0.2) is 0 Å². The van der Waals surface area contributed by atoms with Crippen LogP contribution in [0, 0.1) is 0 Å². The first-order chi connectivity index (χ1) is 8.24. The number of rotatable bonds is 9. The molecule has 1 rings (SSSR count). The molecule has 98 valence electrons. The minimum absolute atomic E-state index is 0.484. The van der Waals surface area contributed by atoms with Crippen LogP contribution in [0.2, 0.25) is 0 Å². The normalized spacial score (nSPS) is 12.9. The fraction of sp³-hybridized carbons (Fsp3) is 0.692. The molecule has 4 heteroatoms. The maximum atomic E-state index is 3.59. The molecule has 0 amide bonds. The Hall–Kier alpha value is 0.490. The van der Waals surface area contributed by atoms with Crippen LogP contribution in [-0.4, -0.2) is 18.6 Å². The first-order valence-corrected chi connectivity index (χ1v) is 9.22. The third-order valence-corrected chi connectivity index (χ3v) is 5.25. The van der Waals surface area contributed by atoms with E-state index in [1.807, 2.05) is 23.1 Å². The van der Waals surface area contributed by atoms with E-state index in [0.717, 1.165) is 6.54 Å². The van der Waals surface area contributed by atoms with Crippen LogP contribution in [0.1, 0.15) is 43.5 Å². The fourth-order valence-electron chi connectivity index (χ4n) is 1.71. The Balaban J connectivity index is 2.03. The molecule has 1 aromatic heterocycles. The second-order valence-corrected chi connectivity index (χ2v) is 7.70. The summed E-state index contributed by atoms with van der Waals surface area (Å²) in [6.07, 6.45) is 7.58. The summed E-state index contributed by atoms with van der Waals surface area (Å²) in [5, 5.41) is 3.59. The lowest BCUT2D eigenvalue weighted by molar-refractivity contribution is 0.542. The van der Waals surface area contributed by atoms with E-state index in [0.29, 0.717) is 6.04 Å². The highest BCUT2D eigenvalue weighted by atomic mass is 79.9. The largest absolute Gasteiger partial charge is 0.309 e. The van der Waals surface area contributed by atoms with Gasteiger partial charge in [-0.1, -0.05) is 12.8 Å². The summed E-state index contributed by atoms with van der Waals surface area (Å²) in [4.78, 5) is 1.42. The van der Waals surface area contributed by atoms with Crippen LogP contribution in [0.5, 0.6) is 0 Å². The first kappa shape index (κ1) is 15.5. The highest BCUT2D eigenvalue weighted by Crippen LogP contribution is 2.26. The number of thiophene rings is 1. The monoisotopic (exact) mass is 335 g/mol. The van der Waals surface area contributed by atoms with Crippen molar-refractivity contribution in [2.45, 2.75) is 38.6 Å². The summed E-state index contributed by atoms with van der Waals surface area (Å²) < 4.78 is 1.22. The highest BCUT2D eigenvalue weighted by molar-refractivity contribution is 9.11. The second kappa shape index (κ2) is 9.42. The maximum Gasteiger partial charge on any atom is 0.0701 e. The zero-order valence-corrected chi connectivity index (χ0v) is 13.9. The number of unbranched alkanes of at least 4 members (excludes halogenated alkanes) is 3. The predicted molar refractivity (Wildman–Crippen MR) is 85.3 cm³/mol. The molecule has 0 aromatic carbocycles. The molecule has 0 aliphatic rings. The molecule has 0 fully saturated rings. The quantitative estimate of drug-likeness (QED) is 0.631. The van der Waals surface area contributed by atoms with E-state index in [1.54, 1.807) is 0 Å². The average Bonchev–Trinajstić information content (AvgIpc) is 2.74. The Kier molecular flexibility index (Phi) is 8.62. The summed E-state index contributed by atoms with van der Waals surface area (Å²) in [7, 11) is 0. The molecule has 1 aromatic rings. The number of nitrogens with one attached hydrogen (secondary N) is 1. The number of hydrogen-bond donors (Lipinski definition) is 1. The molecule has 1 nitrogen and oxygen atoms in total. The van der Waals surface area contributed by atoms with Gasteiger partial charge in [0.1, 0.15) is 0 Å². The standard InChI is InChI=1S/C13H22BrNS2/c1-11(12-7-8-13(14)17-12)15-9-5-3-4-6-10-16-2/h7-8,11,15H,3-6,9-10H2,1-2H3. The smallest absolute Gasteiger partial charge is 0.0701 e. The third kappa shape index (κ3) is 6.85. The molecule has 0 bridgehead atoms. The molecule has 1 heterocycles. The summed E-state index contributed by atoms with van der Waals surface area (Å²) in [6, 6.07) is 4.81. The second-order valence-electron chi connectivity index (χ2n) is 4.22. The third-order valence-electron chi connectivity index (χ3n) is 2.75. The Morgan fingerprint density at radius 2 is 2.06 bits per heavy atom. The van der Waals surface area contributed by atoms with Crippen LogP contribution >= 0.6 is 39.0 Å². The van der Waals surface area contributed by atoms with Gasteiger partial charge in [-0.25, -0.2) is 0 Å². The van der Waals surface area contributed by atoms with Gasteiger partial charge in [0.2, 0.25) is 0 Å². The highest BCUT2D eigenvalue weighted by Gasteiger charge is 2.06. The van der Waals surface area contributed by atoms with Crippen molar-refractivity contribution in [2.24, 2.45) is 0 Å². The fourth-order valence-corrected chi connectivity index (χ4v) is 3.65. The Bertz CT molecular complexity index is 301. The van der Waals surface area contributed by atoms with Gasteiger partial charge in [-0.15, -0.1) is 11.3 Å². The summed E-state index contributed by atoms with van der Waals surface area (Å²) in [5.41, 5.74) is 0. The van der Waals surface area contributed by atoms with E-state index in [-0.39, 0.29) is 0 Å². The molecule has 1 unspecified atom stereocenters. The van der Waals surface area contributed by atoms with Gasteiger partial charge >= 0.3 is 0 Å². The molecule has 0 aliphatic heterocycles. The van der Waals surface area contributed by atoms with Crippen LogP contribution in [0.4, 0.5) is 0 Å². The van der Waals surface area contributed by atoms with Crippen molar-refractivity contribution in [2.75, 3.05) is 18.6 Å². The Labute approximate surface area is 122 Å². The van der Waals surface area contributed by atoms with Crippen LogP contribution in [0.15, 0.2) is 15.9 Å². The maximum absolute atomic E-state index is 3.59. The van der Waals surface area contributed by atoms with Crippen molar-refractivity contribution in [1.29, 1.82) is 0 Å². The van der Waals surface area contributed by atoms with Crippen LogP contribution in [0.25, 0.3) is 0 Å². The molecule has 0 saturated carbocycles. The summed E-state index contributed by atoms with van der Waals surface area (Å²) >= 11 is 7.28. The number of hydrogen-bond acceptors (Lipinski definition) is 3. The molecular formula is C13H22BrNS2. The van der Waals surface area contributed by atoms with Gasteiger partial charge in [0.25, 0.3) is 0 Å². The molecule has 1 N–H and O–H groups in total. The zero-order chi connectivity index (χ0) is 12.5. The SMILES string of the molecule is CSCCCCCCNC(C)c1ccc(Br)s1. The van der Waals surface area contributed by atoms with Gasteiger partial charge in [-0.2, -0.15) is 11.8 Å². The molecule has 17 heavy (non-hydrogen) atoms. The predicted octanol–water partition coefficient (Wildman–Crippen LogP) is 5.08. The lowest BCUT2D eigenvalue weighted by Gasteiger charge is -2.11. The van der Waals surface area contributed by atoms with Gasteiger partial charge in [0, 0.05) is 10.9 Å². The van der Waals surface area contributed by atoms with E-state index >= 15 is 0 Å². The van der Waals surface area contributed by atoms with Crippen LogP contribution < -0.4 is 5.32 Å². The molecule has 1 atom stereocenters. The van der Waals surface area contributed by atoms with Crippen molar-refractivity contribution in [3.05, 3.63) is 20.8 Å². The van der Waals surface area contributed by atoms with Gasteiger partial charge in [0.05, 0.1) is 3.79 Å². The van der Waals surface area contributed by atoms with Crippen molar-refractivity contribution in [1.82, 2.24) is 5.32 Å². The van der Waals surface area contributed by atoms with E-state index in [4.69, 9.17) is 0 Å². The lowest BCUT2D eigenvalue weighted by Crippen LogP contribution is -2.18. The van der Waals surface area contributed by atoms with Crippen molar-refractivity contribution in [3.8, 4) is 0 Å². The number of halogens is 1. The van der Waals surface area contributed by atoms with E-state index in [2.05, 4.69) is 46.6 Å². The van der Waals surface area contributed by atoms with E-state index in [9.17, 15) is 0 Å². The van der Waals surface area contributed by atoms with E-state index < -0.39 is 0 Å². The minimum atomic E-state index is 0.484. The van der Waals surface area contributed by atoms with Crippen molar-refractivity contribution >= 4 is 39.0 Å². The lowest BCUT2D eigenvalue weighted by atomic mass is 10.2. The van der Waals surface area contributed by atoms with E-state index in [1.165, 1.54) is 40.1 Å². The topological polar surface area (TPSA) is 12.0 Å². The van der Waals surface area contributed by atoms with Gasteiger partial charge in [-0.3, -0.25) is 0 Å². The molecule has 0 saturated heterocycles. The number of thioether (sulfide) groups is 1. The first-order valence-electron chi connectivity index (χ1n) is 6.21. The summed E-state index contributed by atoms with van der Waals surface area (Å²) in [5.74, 6) is 1.31. The summed E-state index contributed by atoms with van der Waals surface area (Å²) in [6.45, 7) is 3.38. The molecule has 0 aliphatic carbocycles. The van der Waals surface area contributed by atoms with Crippen LogP contribution in [-0.2, 0) is 0 Å². The molecule has 0 radical (unpaired) electrons. The van der Waals surface area contributed by atoms with Gasteiger partial charge < -0.3 is 5.32 Å². The van der Waals surface area contributed by atoms with Crippen LogP contribution in [0.3, 0.4) is 0 Å². The Morgan fingerprint density at radius 3 is 2.71 bits per heavy atom. The van der Waals surface area contributed by atoms with Gasteiger partial charge in [-0.05, 0) is 66.4 Å². The Morgan fingerprint density at radius 1 is 1.29 bits per heavy atom. The molecular weight excluding hydrogens is 314 g/mol. The minimum Gasteiger partial charge on any atom is -0.309 e. The average molecular weight is 336 g/mol. The van der Waals surface area contributed by atoms with Crippen molar-refractivity contribution < 1.29 is 0 Å². The molecule has 0 spiro atoms.